The molecule has 11 heavy (non-hydrogen) atoms. The summed E-state index contributed by atoms with van der Waals surface area (Å²) in [6.07, 6.45) is 1.01. The Kier molecular flexibility index (Phi) is 2.71. The molecule has 1 rings (SSSR count). The molecule has 0 spiro atoms. The van der Waals surface area contributed by atoms with Gasteiger partial charge in [-0.3, -0.25) is 9.79 Å². The topological polar surface area (TPSA) is 73.7 Å². The highest BCUT2D eigenvalue weighted by Gasteiger charge is 2.03. The fourth-order valence-electron chi connectivity index (χ4n) is 0.810. The zero-order chi connectivity index (χ0) is 8.10. The Balaban J connectivity index is 2.24. The number of nitrogens with one attached hydrogen (secondary N) is 2. The quantitative estimate of drug-likeness (QED) is 0.481. The van der Waals surface area contributed by atoms with Crippen LogP contribution < -0.4 is 10.6 Å². The van der Waals surface area contributed by atoms with Crippen LogP contribution in [-0.4, -0.2) is 36.7 Å². The molecule has 0 atom stereocenters. The van der Waals surface area contributed by atoms with E-state index in [1.165, 1.54) is 0 Å². The maximum Gasteiger partial charge on any atom is 0.322 e. The molecule has 0 fully saturated rings. The lowest BCUT2D eigenvalue weighted by atomic mass is 10.4. The number of hydrogen-bond donors (Lipinski definition) is 3. The molecule has 3 N–H and O–H groups in total. The second kappa shape index (κ2) is 3.80. The Morgan fingerprint density at radius 1 is 1.82 bits per heavy atom. The Morgan fingerprint density at radius 2 is 2.64 bits per heavy atom. The first-order valence-corrected chi connectivity index (χ1v) is 3.53. The Morgan fingerprint density at radius 3 is 3.18 bits per heavy atom. The number of carboxylic acid groups (broad SMARTS) is 1. The molecule has 0 bridgehead atoms. The van der Waals surface area contributed by atoms with E-state index in [0.717, 1.165) is 19.5 Å². The molecule has 62 valence electrons. The van der Waals surface area contributed by atoms with Crippen LogP contribution in [0.5, 0.6) is 0 Å². The van der Waals surface area contributed by atoms with E-state index in [-0.39, 0.29) is 6.54 Å². The third-order valence-electron chi connectivity index (χ3n) is 1.30. The van der Waals surface area contributed by atoms with E-state index in [9.17, 15) is 4.79 Å². The van der Waals surface area contributed by atoms with Crippen molar-refractivity contribution in [3.8, 4) is 0 Å². The van der Waals surface area contributed by atoms with Crippen molar-refractivity contribution >= 4 is 11.9 Å². The molecular formula is C6H11N3O2. The van der Waals surface area contributed by atoms with Crippen molar-refractivity contribution in [2.24, 2.45) is 4.99 Å². The van der Waals surface area contributed by atoms with E-state index < -0.39 is 5.97 Å². The van der Waals surface area contributed by atoms with Crippen molar-refractivity contribution < 1.29 is 9.90 Å². The third-order valence-corrected chi connectivity index (χ3v) is 1.30. The summed E-state index contributed by atoms with van der Waals surface area (Å²) in [6.45, 7) is 1.56. The summed E-state index contributed by atoms with van der Waals surface area (Å²) in [5, 5.41) is 13.9. The van der Waals surface area contributed by atoms with E-state index in [1.807, 2.05) is 0 Å². The molecule has 0 unspecified atom stereocenters. The lowest BCUT2D eigenvalue weighted by molar-refractivity contribution is -0.135. The summed E-state index contributed by atoms with van der Waals surface area (Å²) in [6, 6.07) is 0. The fourth-order valence-corrected chi connectivity index (χ4v) is 0.810. The van der Waals surface area contributed by atoms with E-state index >= 15 is 0 Å². The van der Waals surface area contributed by atoms with E-state index in [2.05, 4.69) is 15.6 Å². The van der Waals surface area contributed by atoms with Gasteiger partial charge in [-0.05, 0) is 6.42 Å². The zero-order valence-corrected chi connectivity index (χ0v) is 6.13. The van der Waals surface area contributed by atoms with Crippen molar-refractivity contribution in [2.75, 3.05) is 19.6 Å². The highest BCUT2D eigenvalue weighted by atomic mass is 16.4. The molecule has 0 saturated heterocycles. The molecule has 1 aliphatic heterocycles. The van der Waals surface area contributed by atoms with Crippen LogP contribution in [0.4, 0.5) is 0 Å². The van der Waals surface area contributed by atoms with Crippen molar-refractivity contribution in [3.05, 3.63) is 0 Å². The normalized spacial score (nSPS) is 16.5. The van der Waals surface area contributed by atoms with Crippen LogP contribution in [0.15, 0.2) is 4.99 Å². The van der Waals surface area contributed by atoms with Crippen LogP contribution in [0.1, 0.15) is 6.42 Å². The largest absolute Gasteiger partial charge is 0.480 e. The molecule has 0 aromatic heterocycles. The number of guanidine groups is 1. The standard InChI is InChI=1S/C6H11N3O2/c10-5(11)4-9-6-7-2-1-3-8-6/h1-4H2,(H,10,11)(H2,7,8,9). The minimum Gasteiger partial charge on any atom is -0.480 e. The van der Waals surface area contributed by atoms with Crippen LogP contribution in [0.2, 0.25) is 0 Å². The number of aliphatic carboxylic acids is 1. The molecule has 5 heteroatoms. The van der Waals surface area contributed by atoms with Crippen LogP contribution >= 0.6 is 0 Å². The maximum atomic E-state index is 10.1. The van der Waals surface area contributed by atoms with Crippen molar-refractivity contribution in [3.63, 3.8) is 0 Å². The molecule has 1 heterocycles. The molecule has 0 aliphatic carbocycles. The fraction of sp³-hybridized carbons (Fsp3) is 0.667. The van der Waals surface area contributed by atoms with Gasteiger partial charge in [0, 0.05) is 13.1 Å². The summed E-state index contributed by atoms with van der Waals surface area (Å²) >= 11 is 0. The van der Waals surface area contributed by atoms with Crippen molar-refractivity contribution in [2.45, 2.75) is 6.42 Å². The van der Waals surface area contributed by atoms with Crippen LogP contribution in [-0.2, 0) is 4.79 Å². The second-order valence-corrected chi connectivity index (χ2v) is 2.26. The predicted molar refractivity (Wildman–Crippen MR) is 40.6 cm³/mol. The van der Waals surface area contributed by atoms with E-state index in [4.69, 9.17) is 5.11 Å². The van der Waals surface area contributed by atoms with Crippen LogP contribution in [0.25, 0.3) is 0 Å². The lowest BCUT2D eigenvalue weighted by Gasteiger charge is -2.14. The van der Waals surface area contributed by atoms with Gasteiger partial charge in [0.05, 0.1) is 0 Å². The lowest BCUT2D eigenvalue weighted by Crippen LogP contribution is -2.42. The first-order valence-electron chi connectivity index (χ1n) is 3.53. The molecule has 1 aliphatic rings. The molecule has 0 aromatic rings. The summed E-state index contributed by atoms with van der Waals surface area (Å²) in [5.41, 5.74) is 0. The van der Waals surface area contributed by atoms with Crippen LogP contribution in [0, 0.1) is 0 Å². The number of nitrogens with zero attached hydrogens (tertiary/aromatic N) is 1. The maximum absolute atomic E-state index is 10.1. The number of carbonyl (C=O) groups is 1. The van der Waals surface area contributed by atoms with Gasteiger partial charge < -0.3 is 15.7 Å². The van der Waals surface area contributed by atoms with Gasteiger partial charge in [-0.15, -0.1) is 0 Å². The van der Waals surface area contributed by atoms with E-state index in [1.54, 1.807) is 0 Å². The molecule has 0 aromatic carbocycles. The minimum atomic E-state index is -0.875. The van der Waals surface area contributed by atoms with Crippen LogP contribution in [0.3, 0.4) is 0 Å². The number of rotatable bonds is 2. The average molecular weight is 157 g/mol. The second-order valence-electron chi connectivity index (χ2n) is 2.26. The van der Waals surface area contributed by atoms with Gasteiger partial charge in [-0.25, -0.2) is 0 Å². The molecule has 0 saturated carbocycles. The summed E-state index contributed by atoms with van der Waals surface area (Å²) in [7, 11) is 0. The van der Waals surface area contributed by atoms with Gasteiger partial charge >= 0.3 is 5.97 Å². The first kappa shape index (κ1) is 7.84. The van der Waals surface area contributed by atoms with Gasteiger partial charge in [0.25, 0.3) is 0 Å². The van der Waals surface area contributed by atoms with Crippen molar-refractivity contribution in [1.29, 1.82) is 0 Å². The third kappa shape index (κ3) is 2.88. The number of hydrogen-bond acceptors (Lipinski definition) is 4. The average Bonchev–Trinajstić information content (AvgIpc) is 2.03. The van der Waals surface area contributed by atoms with Gasteiger partial charge in [0.1, 0.15) is 6.54 Å². The molecular weight excluding hydrogens is 146 g/mol. The number of carboxylic acids is 1. The molecule has 5 nitrogen and oxygen atoms in total. The first-order chi connectivity index (χ1) is 5.29. The highest BCUT2D eigenvalue weighted by Crippen LogP contribution is 1.85. The Bertz CT molecular complexity index is 179. The summed E-state index contributed by atoms with van der Waals surface area (Å²) in [4.78, 5) is 14.1. The minimum absolute atomic E-state index is 0.0775. The number of aliphatic imine (C=N–C) groups is 1. The predicted octanol–water partition coefficient (Wildman–Crippen LogP) is -0.990. The zero-order valence-electron chi connectivity index (χ0n) is 6.13. The summed E-state index contributed by atoms with van der Waals surface area (Å²) < 4.78 is 0. The SMILES string of the molecule is O=C(O)CNC1=NCCCN1. The monoisotopic (exact) mass is 157 g/mol. The Labute approximate surface area is 64.5 Å². The highest BCUT2D eigenvalue weighted by molar-refractivity contribution is 5.84. The van der Waals surface area contributed by atoms with Gasteiger partial charge in [0.15, 0.2) is 5.96 Å². The molecule has 0 amide bonds. The molecule has 0 radical (unpaired) electrons. The smallest absolute Gasteiger partial charge is 0.322 e. The van der Waals surface area contributed by atoms with E-state index in [0.29, 0.717) is 5.96 Å². The van der Waals surface area contributed by atoms with Crippen molar-refractivity contribution in [1.82, 2.24) is 10.6 Å². The van der Waals surface area contributed by atoms with Gasteiger partial charge in [-0.1, -0.05) is 0 Å². The summed E-state index contributed by atoms with van der Waals surface area (Å²) in [5.74, 6) is -0.279. The van der Waals surface area contributed by atoms with Gasteiger partial charge in [0.2, 0.25) is 0 Å². The Hall–Kier alpha value is -1.26. The van der Waals surface area contributed by atoms with Gasteiger partial charge in [-0.2, -0.15) is 0 Å².